The summed E-state index contributed by atoms with van der Waals surface area (Å²) in [6.45, 7) is 1.43. The molecule has 0 spiro atoms. The van der Waals surface area contributed by atoms with Gasteiger partial charge in [0.05, 0.1) is 4.90 Å². The van der Waals surface area contributed by atoms with E-state index in [2.05, 4.69) is 0 Å². The Bertz CT molecular complexity index is 869. The third-order valence-corrected chi connectivity index (χ3v) is 4.37. The first-order valence-electron chi connectivity index (χ1n) is 6.45. The van der Waals surface area contributed by atoms with Gasteiger partial charge in [0.15, 0.2) is 15.6 Å². The summed E-state index contributed by atoms with van der Waals surface area (Å²) < 4.78 is 23.4. The smallest absolute Gasteiger partial charge is 0.249 e. The van der Waals surface area contributed by atoms with E-state index in [0.29, 0.717) is 16.7 Å². The van der Waals surface area contributed by atoms with Crippen molar-refractivity contribution in [3.63, 3.8) is 0 Å². The Morgan fingerprint density at radius 1 is 1.05 bits per heavy atom. The van der Waals surface area contributed by atoms with Gasteiger partial charge in [0.2, 0.25) is 5.91 Å². The molecule has 0 aliphatic heterocycles. The second kappa shape index (κ2) is 5.73. The zero-order chi connectivity index (χ0) is 16.5. The van der Waals surface area contributed by atoms with Gasteiger partial charge in [-0.3, -0.25) is 9.59 Å². The first-order valence-corrected chi connectivity index (χ1v) is 8.34. The number of nitrogens with two attached hydrogens (primary N) is 1. The predicted octanol–water partition coefficient (Wildman–Crippen LogP) is 2.06. The molecule has 2 rings (SSSR count). The van der Waals surface area contributed by atoms with Crippen LogP contribution in [0, 0.1) is 0 Å². The van der Waals surface area contributed by atoms with Crippen LogP contribution >= 0.6 is 0 Å². The van der Waals surface area contributed by atoms with Crippen LogP contribution in [0.2, 0.25) is 0 Å². The van der Waals surface area contributed by atoms with Gasteiger partial charge in [-0.2, -0.15) is 0 Å². The molecule has 2 aromatic carbocycles. The summed E-state index contributed by atoms with van der Waals surface area (Å²) in [5, 5.41) is 0. The highest BCUT2D eigenvalue weighted by atomic mass is 32.2. The average molecular weight is 317 g/mol. The third-order valence-electron chi connectivity index (χ3n) is 3.26. The van der Waals surface area contributed by atoms with Gasteiger partial charge in [0.1, 0.15) is 0 Å². The third kappa shape index (κ3) is 3.23. The van der Waals surface area contributed by atoms with Gasteiger partial charge in [-0.05, 0) is 42.3 Å². The molecule has 2 N–H and O–H groups in total. The van der Waals surface area contributed by atoms with Crippen LogP contribution in [-0.2, 0) is 9.84 Å². The van der Waals surface area contributed by atoms with Gasteiger partial charge in [0, 0.05) is 17.4 Å². The van der Waals surface area contributed by atoms with E-state index in [-0.39, 0.29) is 16.2 Å². The van der Waals surface area contributed by atoms with E-state index in [1.807, 2.05) is 0 Å². The number of Topliss-reactive ketones (excluding diaryl/α,β-unsaturated/α-hetero) is 1. The Morgan fingerprint density at radius 3 is 2.27 bits per heavy atom. The number of hydrogen-bond acceptors (Lipinski definition) is 4. The maximum absolute atomic E-state index is 11.7. The molecular formula is C16H15NO4S. The predicted molar refractivity (Wildman–Crippen MR) is 83.5 cm³/mol. The lowest BCUT2D eigenvalue weighted by atomic mass is 9.97. The second-order valence-electron chi connectivity index (χ2n) is 4.98. The van der Waals surface area contributed by atoms with Crippen LogP contribution < -0.4 is 5.73 Å². The molecule has 0 saturated carbocycles. The van der Waals surface area contributed by atoms with E-state index in [1.165, 1.54) is 25.1 Å². The first-order chi connectivity index (χ1) is 10.2. The van der Waals surface area contributed by atoms with Crippen LogP contribution in [0.25, 0.3) is 11.1 Å². The molecule has 114 valence electrons. The van der Waals surface area contributed by atoms with E-state index in [1.54, 1.807) is 24.3 Å². The number of rotatable bonds is 4. The zero-order valence-electron chi connectivity index (χ0n) is 12.2. The minimum Gasteiger partial charge on any atom is -0.366 e. The van der Waals surface area contributed by atoms with Gasteiger partial charge >= 0.3 is 0 Å². The standard InChI is InChI=1S/C16H15NO4S/c1-10(18)11-4-3-5-12(8-11)15-9-13(22(2,20)21)6-7-14(15)16(17)19/h3-9H,1-2H3,(H2,17,19). The van der Waals surface area contributed by atoms with Gasteiger partial charge in [-0.1, -0.05) is 18.2 Å². The minimum atomic E-state index is -3.42. The van der Waals surface area contributed by atoms with Gasteiger partial charge in [-0.15, -0.1) is 0 Å². The topological polar surface area (TPSA) is 94.3 Å². The average Bonchev–Trinajstić information content (AvgIpc) is 2.45. The van der Waals surface area contributed by atoms with Crippen molar-refractivity contribution in [3.05, 3.63) is 53.6 Å². The zero-order valence-corrected chi connectivity index (χ0v) is 13.0. The van der Waals surface area contributed by atoms with E-state index < -0.39 is 15.7 Å². The maximum Gasteiger partial charge on any atom is 0.249 e. The number of hydrogen-bond donors (Lipinski definition) is 1. The number of carbonyl (C=O) groups is 2. The summed E-state index contributed by atoms with van der Waals surface area (Å²) in [7, 11) is -3.42. The fraction of sp³-hybridized carbons (Fsp3) is 0.125. The van der Waals surface area contributed by atoms with Crippen molar-refractivity contribution in [1.82, 2.24) is 0 Å². The molecule has 0 aliphatic rings. The molecule has 0 aromatic heterocycles. The fourth-order valence-corrected chi connectivity index (χ4v) is 2.76. The van der Waals surface area contributed by atoms with E-state index in [4.69, 9.17) is 5.73 Å². The molecule has 0 saturated heterocycles. The normalized spacial score (nSPS) is 11.2. The van der Waals surface area contributed by atoms with Crippen molar-refractivity contribution in [1.29, 1.82) is 0 Å². The summed E-state index contributed by atoms with van der Waals surface area (Å²) in [4.78, 5) is 23.2. The van der Waals surface area contributed by atoms with E-state index >= 15 is 0 Å². The van der Waals surface area contributed by atoms with Gasteiger partial charge < -0.3 is 5.73 Å². The highest BCUT2D eigenvalue weighted by Crippen LogP contribution is 2.27. The van der Waals surface area contributed by atoms with Crippen LogP contribution in [0.15, 0.2) is 47.4 Å². The van der Waals surface area contributed by atoms with Crippen LogP contribution in [-0.4, -0.2) is 26.4 Å². The summed E-state index contributed by atoms with van der Waals surface area (Å²) in [5.74, 6) is -0.787. The summed E-state index contributed by atoms with van der Waals surface area (Å²) in [6, 6.07) is 10.7. The SMILES string of the molecule is CC(=O)c1cccc(-c2cc(S(C)(=O)=O)ccc2C(N)=O)c1. The van der Waals surface area contributed by atoms with E-state index in [9.17, 15) is 18.0 Å². The molecule has 1 amide bonds. The Labute approximate surface area is 128 Å². The summed E-state index contributed by atoms with van der Waals surface area (Å²) in [5.41, 5.74) is 6.98. The highest BCUT2D eigenvalue weighted by molar-refractivity contribution is 7.90. The summed E-state index contributed by atoms with van der Waals surface area (Å²) >= 11 is 0. The Hall–Kier alpha value is -2.47. The van der Waals surface area contributed by atoms with Crippen LogP contribution in [0.3, 0.4) is 0 Å². The van der Waals surface area contributed by atoms with Crippen molar-refractivity contribution in [2.24, 2.45) is 5.73 Å². The number of ketones is 1. The maximum atomic E-state index is 11.7. The Kier molecular flexibility index (Phi) is 4.14. The Morgan fingerprint density at radius 2 is 1.73 bits per heavy atom. The molecule has 0 atom stereocenters. The molecule has 0 fully saturated rings. The van der Waals surface area contributed by atoms with E-state index in [0.717, 1.165) is 6.26 Å². The molecule has 2 aromatic rings. The second-order valence-corrected chi connectivity index (χ2v) is 7.00. The van der Waals surface area contributed by atoms with Crippen molar-refractivity contribution in [2.75, 3.05) is 6.26 Å². The van der Waals surface area contributed by atoms with Crippen molar-refractivity contribution in [2.45, 2.75) is 11.8 Å². The van der Waals surface area contributed by atoms with Crippen molar-refractivity contribution >= 4 is 21.5 Å². The molecule has 6 heteroatoms. The molecule has 0 heterocycles. The van der Waals surface area contributed by atoms with Gasteiger partial charge in [-0.25, -0.2) is 8.42 Å². The van der Waals surface area contributed by atoms with Crippen LogP contribution in [0.1, 0.15) is 27.6 Å². The lowest BCUT2D eigenvalue weighted by Gasteiger charge is -2.10. The molecule has 0 bridgehead atoms. The number of benzene rings is 2. The number of primary amides is 1. The fourth-order valence-electron chi connectivity index (χ4n) is 2.11. The van der Waals surface area contributed by atoms with Crippen molar-refractivity contribution < 1.29 is 18.0 Å². The highest BCUT2D eigenvalue weighted by Gasteiger charge is 2.16. The molecule has 5 nitrogen and oxygen atoms in total. The lowest BCUT2D eigenvalue weighted by Crippen LogP contribution is -2.13. The lowest BCUT2D eigenvalue weighted by molar-refractivity contribution is 0.0997. The quantitative estimate of drug-likeness (QED) is 0.873. The van der Waals surface area contributed by atoms with Crippen molar-refractivity contribution in [3.8, 4) is 11.1 Å². The molecule has 0 aliphatic carbocycles. The van der Waals surface area contributed by atoms with Gasteiger partial charge in [0.25, 0.3) is 0 Å². The van der Waals surface area contributed by atoms with Crippen LogP contribution in [0.4, 0.5) is 0 Å². The molecule has 0 unspecified atom stereocenters. The number of sulfone groups is 1. The monoisotopic (exact) mass is 317 g/mol. The number of amides is 1. The number of carbonyl (C=O) groups excluding carboxylic acids is 2. The first kappa shape index (κ1) is 15.9. The van der Waals surface area contributed by atoms with Crippen LogP contribution in [0.5, 0.6) is 0 Å². The largest absolute Gasteiger partial charge is 0.366 e. The minimum absolute atomic E-state index is 0.0840. The Balaban J connectivity index is 2.74. The molecular weight excluding hydrogens is 302 g/mol. The molecule has 0 radical (unpaired) electrons. The summed E-state index contributed by atoms with van der Waals surface area (Å²) in [6.07, 6.45) is 1.09. The molecule has 22 heavy (non-hydrogen) atoms.